The molecule has 0 atom stereocenters. The average molecular weight is 211 g/mol. The summed E-state index contributed by atoms with van der Waals surface area (Å²) in [5.74, 6) is -0.00813. The zero-order valence-corrected chi connectivity index (χ0v) is 8.79. The number of nitrogens with zero attached hydrogens (tertiary/aromatic N) is 1. The van der Waals surface area contributed by atoms with Gasteiger partial charge in [0.1, 0.15) is 0 Å². The predicted octanol–water partition coefficient (Wildman–Crippen LogP) is -0.913. The zero-order valence-electron chi connectivity index (χ0n) is 8.79. The van der Waals surface area contributed by atoms with E-state index in [9.17, 15) is 9.59 Å². The van der Waals surface area contributed by atoms with E-state index < -0.39 is 0 Å². The van der Waals surface area contributed by atoms with Crippen LogP contribution in [-0.4, -0.2) is 48.9 Å². The Morgan fingerprint density at radius 2 is 2.33 bits per heavy atom. The fourth-order valence-corrected chi connectivity index (χ4v) is 1.65. The minimum Gasteiger partial charge on any atom is -0.354 e. The Morgan fingerprint density at radius 3 is 3.07 bits per heavy atom. The van der Waals surface area contributed by atoms with Gasteiger partial charge in [0.05, 0.1) is 13.1 Å². The van der Waals surface area contributed by atoms with Crippen LogP contribution in [0.3, 0.4) is 0 Å². The number of carbonyl (C=O) groups is 2. The van der Waals surface area contributed by atoms with Crippen molar-refractivity contribution in [3.8, 4) is 0 Å². The van der Waals surface area contributed by atoms with E-state index >= 15 is 0 Å². The molecule has 0 unspecified atom stereocenters. The van der Waals surface area contributed by atoms with Gasteiger partial charge in [-0.25, -0.2) is 0 Å². The molecule has 15 heavy (non-hydrogen) atoms. The third-order valence-corrected chi connectivity index (χ3v) is 2.73. The van der Waals surface area contributed by atoms with Crippen molar-refractivity contribution in [2.75, 3.05) is 26.2 Å². The third kappa shape index (κ3) is 3.20. The summed E-state index contributed by atoms with van der Waals surface area (Å²) in [5, 5.41) is 5.92. The molecule has 1 aliphatic carbocycles. The van der Waals surface area contributed by atoms with Crippen molar-refractivity contribution >= 4 is 11.8 Å². The van der Waals surface area contributed by atoms with E-state index in [2.05, 4.69) is 10.6 Å². The van der Waals surface area contributed by atoms with E-state index in [4.69, 9.17) is 0 Å². The summed E-state index contributed by atoms with van der Waals surface area (Å²) in [6, 6.07) is 0.537. The van der Waals surface area contributed by atoms with Gasteiger partial charge >= 0.3 is 0 Å². The van der Waals surface area contributed by atoms with Crippen molar-refractivity contribution in [2.24, 2.45) is 0 Å². The van der Waals surface area contributed by atoms with Crippen molar-refractivity contribution in [1.29, 1.82) is 0 Å². The van der Waals surface area contributed by atoms with Crippen molar-refractivity contribution in [3.05, 3.63) is 0 Å². The van der Waals surface area contributed by atoms with Gasteiger partial charge in [-0.05, 0) is 19.3 Å². The van der Waals surface area contributed by atoms with Gasteiger partial charge in [-0.1, -0.05) is 0 Å². The van der Waals surface area contributed by atoms with Crippen LogP contribution in [0, 0.1) is 0 Å². The Morgan fingerprint density at radius 1 is 1.53 bits per heavy atom. The molecule has 1 saturated carbocycles. The van der Waals surface area contributed by atoms with Gasteiger partial charge in [0.25, 0.3) is 0 Å². The molecule has 0 aromatic rings. The van der Waals surface area contributed by atoms with Gasteiger partial charge in [0.15, 0.2) is 0 Å². The fraction of sp³-hybridized carbons (Fsp3) is 0.800. The van der Waals surface area contributed by atoms with E-state index in [1.54, 1.807) is 4.90 Å². The van der Waals surface area contributed by atoms with E-state index in [-0.39, 0.29) is 18.4 Å². The molecule has 0 aromatic heterocycles. The van der Waals surface area contributed by atoms with E-state index in [0.29, 0.717) is 25.7 Å². The van der Waals surface area contributed by atoms with Crippen LogP contribution in [0.25, 0.3) is 0 Å². The second-order valence-electron chi connectivity index (χ2n) is 4.17. The number of amides is 2. The first-order chi connectivity index (χ1) is 7.25. The normalized spacial score (nSPS) is 22.1. The maximum absolute atomic E-state index is 11.7. The lowest BCUT2D eigenvalue weighted by Crippen LogP contribution is -2.42. The average Bonchev–Trinajstić information content (AvgIpc) is 3.01. The molecular formula is C10H17N3O2. The molecule has 1 aliphatic heterocycles. The van der Waals surface area contributed by atoms with E-state index in [0.717, 1.165) is 6.42 Å². The lowest BCUT2D eigenvalue weighted by atomic mass is 10.3. The molecule has 5 nitrogen and oxygen atoms in total. The third-order valence-electron chi connectivity index (χ3n) is 2.73. The quantitative estimate of drug-likeness (QED) is 0.635. The molecular weight excluding hydrogens is 194 g/mol. The second-order valence-corrected chi connectivity index (χ2v) is 4.17. The molecule has 2 fully saturated rings. The van der Waals surface area contributed by atoms with Gasteiger partial charge in [0, 0.05) is 19.1 Å². The molecule has 0 spiro atoms. The van der Waals surface area contributed by atoms with Crippen molar-refractivity contribution < 1.29 is 9.59 Å². The number of hydrogen-bond acceptors (Lipinski definition) is 3. The van der Waals surface area contributed by atoms with Gasteiger partial charge in [-0.3, -0.25) is 9.59 Å². The Bertz CT molecular complexity index is 263. The number of rotatable bonds is 3. The Hall–Kier alpha value is -1.10. The highest BCUT2D eigenvalue weighted by atomic mass is 16.2. The minimum absolute atomic E-state index is 0.0407. The predicted molar refractivity (Wildman–Crippen MR) is 55.2 cm³/mol. The molecule has 1 heterocycles. The zero-order chi connectivity index (χ0) is 10.7. The van der Waals surface area contributed by atoms with Gasteiger partial charge in [0.2, 0.25) is 11.8 Å². The molecule has 2 N–H and O–H groups in total. The van der Waals surface area contributed by atoms with Crippen molar-refractivity contribution in [2.45, 2.75) is 25.3 Å². The minimum atomic E-state index is -0.0488. The molecule has 2 rings (SSSR count). The number of carbonyl (C=O) groups excluding carboxylic acids is 2. The highest BCUT2D eigenvalue weighted by Gasteiger charge is 2.24. The maximum atomic E-state index is 11.7. The lowest BCUT2D eigenvalue weighted by Gasteiger charge is -2.19. The standard InChI is InChI=1S/C10H17N3O2/c14-9-7-13(5-1-4-11-9)10(15)6-12-8-2-3-8/h8,12H,1-7H2,(H,11,14). The lowest BCUT2D eigenvalue weighted by molar-refractivity contribution is -0.134. The smallest absolute Gasteiger partial charge is 0.239 e. The summed E-state index contributed by atoms with van der Waals surface area (Å²) >= 11 is 0. The molecule has 0 aromatic carbocycles. The summed E-state index contributed by atoms with van der Waals surface area (Å²) in [7, 11) is 0. The topological polar surface area (TPSA) is 61.4 Å². The summed E-state index contributed by atoms with van der Waals surface area (Å²) in [6.45, 7) is 1.95. The molecule has 0 bridgehead atoms. The second kappa shape index (κ2) is 4.61. The summed E-state index contributed by atoms with van der Waals surface area (Å²) in [6.07, 6.45) is 3.20. The Kier molecular flexibility index (Phi) is 3.20. The van der Waals surface area contributed by atoms with Crippen LogP contribution in [0.5, 0.6) is 0 Å². The molecule has 2 aliphatic rings. The van der Waals surface area contributed by atoms with Crippen LogP contribution in [0.15, 0.2) is 0 Å². The molecule has 0 radical (unpaired) electrons. The summed E-state index contributed by atoms with van der Waals surface area (Å²) in [4.78, 5) is 24.6. The highest BCUT2D eigenvalue weighted by Crippen LogP contribution is 2.18. The van der Waals surface area contributed by atoms with Crippen LogP contribution >= 0.6 is 0 Å². The number of nitrogens with one attached hydrogen (secondary N) is 2. The fourth-order valence-electron chi connectivity index (χ4n) is 1.65. The highest BCUT2D eigenvalue weighted by molar-refractivity contribution is 5.86. The first-order valence-electron chi connectivity index (χ1n) is 5.53. The van der Waals surface area contributed by atoms with E-state index in [1.807, 2.05) is 0 Å². The first kappa shape index (κ1) is 10.4. The van der Waals surface area contributed by atoms with Crippen molar-refractivity contribution in [1.82, 2.24) is 15.5 Å². The van der Waals surface area contributed by atoms with Gasteiger partial charge in [-0.2, -0.15) is 0 Å². The molecule has 2 amide bonds. The van der Waals surface area contributed by atoms with Crippen LogP contribution < -0.4 is 10.6 Å². The molecule has 5 heteroatoms. The van der Waals surface area contributed by atoms with Crippen LogP contribution in [0.4, 0.5) is 0 Å². The van der Waals surface area contributed by atoms with Crippen LogP contribution in [-0.2, 0) is 9.59 Å². The van der Waals surface area contributed by atoms with Gasteiger partial charge < -0.3 is 15.5 Å². The maximum Gasteiger partial charge on any atom is 0.239 e. The Labute approximate surface area is 89.2 Å². The van der Waals surface area contributed by atoms with Crippen LogP contribution in [0.1, 0.15) is 19.3 Å². The first-order valence-corrected chi connectivity index (χ1v) is 5.53. The Balaban J connectivity index is 1.78. The molecule has 1 saturated heterocycles. The number of hydrogen-bond donors (Lipinski definition) is 2. The largest absolute Gasteiger partial charge is 0.354 e. The summed E-state index contributed by atoms with van der Waals surface area (Å²) < 4.78 is 0. The SMILES string of the molecule is O=C1CN(C(=O)CNC2CC2)CCCN1. The van der Waals surface area contributed by atoms with Gasteiger partial charge in [-0.15, -0.1) is 0 Å². The monoisotopic (exact) mass is 211 g/mol. The van der Waals surface area contributed by atoms with Crippen molar-refractivity contribution in [3.63, 3.8) is 0 Å². The molecule has 84 valence electrons. The summed E-state index contributed by atoms with van der Waals surface area (Å²) in [5.41, 5.74) is 0. The van der Waals surface area contributed by atoms with E-state index in [1.165, 1.54) is 12.8 Å². The van der Waals surface area contributed by atoms with Crippen LogP contribution in [0.2, 0.25) is 0 Å².